The van der Waals surface area contributed by atoms with Gasteiger partial charge >= 0.3 is 0 Å². The van der Waals surface area contributed by atoms with Gasteiger partial charge in [0.1, 0.15) is 0 Å². The summed E-state index contributed by atoms with van der Waals surface area (Å²) in [6.45, 7) is 2.57. The maximum atomic E-state index is 7.00. The van der Waals surface area contributed by atoms with Crippen LogP contribution in [0.2, 0.25) is 0 Å². The fraction of sp³-hybridized carbons (Fsp3) is 1.00. The summed E-state index contributed by atoms with van der Waals surface area (Å²) in [5.41, 5.74) is 7.00. The van der Waals surface area contributed by atoms with E-state index in [1.165, 1.54) is 0 Å². The predicted molar refractivity (Wildman–Crippen MR) is 29.1 cm³/mol. The molecule has 0 aromatic carbocycles. The maximum absolute atomic E-state index is 7.00. The summed E-state index contributed by atoms with van der Waals surface area (Å²) in [6, 6.07) is 0.0277. The van der Waals surface area contributed by atoms with Gasteiger partial charge in [-0.1, -0.05) is 0 Å². The number of methoxy groups -OCH3 is 1. The molecule has 0 heterocycles. The average Bonchev–Trinajstić information content (AvgIpc) is 1.61. The fourth-order valence-electron chi connectivity index (χ4n) is 0.295. The van der Waals surface area contributed by atoms with Crippen molar-refractivity contribution >= 4 is 0 Å². The zero-order valence-corrected chi connectivity index (χ0v) is 4.90. The molecule has 1 unspecified atom stereocenters. The van der Waals surface area contributed by atoms with Gasteiger partial charge in [-0.15, -0.1) is 0 Å². The molecule has 0 aromatic heterocycles. The molecule has 0 aliphatic heterocycles. The highest BCUT2D eigenvalue weighted by atomic mass is 16.5. The maximum Gasteiger partial charge on any atom is 0.0477 e. The molecular formula is C5H12NO. The topological polar surface area (TPSA) is 33.0 Å². The lowest BCUT2D eigenvalue weighted by molar-refractivity contribution is 0.189. The van der Waals surface area contributed by atoms with Crippen LogP contribution in [0.5, 0.6) is 0 Å². The molecule has 0 rings (SSSR count). The number of hydrogen-bond donors (Lipinski definition) is 0. The molecule has 0 aliphatic rings. The fourth-order valence-corrected chi connectivity index (χ4v) is 0.295. The smallest absolute Gasteiger partial charge is 0.0477 e. The van der Waals surface area contributed by atoms with Crippen molar-refractivity contribution < 1.29 is 4.74 Å². The van der Waals surface area contributed by atoms with Gasteiger partial charge in [-0.25, -0.2) is 0 Å². The number of nitrogens with one attached hydrogen (secondary N) is 1. The van der Waals surface area contributed by atoms with E-state index in [1.54, 1.807) is 7.11 Å². The molecule has 0 fully saturated rings. The molecule has 1 radical (unpaired) electrons. The van der Waals surface area contributed by atoms with Crippen molar-refractivity contribution in [2.24, 2.45) is 0 Å². The third kappa shape index (κ3) is 5.92. The number of rotatable bonds is 3. The van der Waals surface area contributed by atoms with Gasteiger partial charge in [0, 0.05) is 19.8 Å². The Kier molecular flexibility index (Phi) is 4.04. The lowest BCUT2D eigenvalue weighted by Gasteiger charge is -1.99. The largest absolute Gasteiger partial charge is 0.385 e. The van der Waals surface area contributed by atoms with Crippen molar-refractivity contribution in [3.63, 3.8) is 0 Å². The van der Waals surface area contributed by atoms with Gasteiger partial charge in [-0.05, 0) is 13.3 Å². The van der Waals surface area contributed by atoms with Crippen LogP contribution in [-0.2, 0) is 4.74 Å². The molecule has 7 heavy (non-hydrogen) atoms. The Labute approximate surface area is 44.7 Å². The predicted octanol–water partition coefficient (Wildman–Crippen LogP) is 0.694. The second-order valence-electron chi connectivity index (χ2n) is 1.68. The van der Waals surface area contributed by atoms with Crippen LogP contribution in [0.15, 0.2) is 0 Å². The van der Waals surface area contributed by atoms with E-state index < -0.39 is 0 Å². The van der Waals surface area contributed by atoms with Crippen LogP contribution >= 0.6 is 0 Å². The first-order valence-corrected chi connectivity index (χ1v) is 2.47. The molecule has 2 nitrogen and oxygen atoms in total. The SMILES string of the molecule is COCCC(C)[NH]. The molecule has 0 saturated carbocycles. The van der Waals surface area contributed by atoms with Crippen molar-refractivity contribution in [1.29, 1.82) is 0 Å². The monoisotopic (exact) mass is 102 g/mol. The Morgan fingerprint density at radius 3 is 2.43 bits per heavy atom. The first-order chi connectivity index (χ1) is 3.27. The van der Waals surface area contributed by atoms with Gasteiger partial charge in [0.2, 0.25) is 0 Å². The first-order valence-electron chi connectivity index (χ1n) is 2.47. The van der Waals surface area contributed by atoms with Gasteiger partial charge in [0.05, 0.1) is 0 Å². The van der Waals surface area contributed by atoms with Gasteiger partial charge in [0.15, 0.2) is 0 Å². The molecule has 2 heteroatoms. The van der Waals surface area contributed by atoms with E-state index in [2.05, 4.69) is 0 Å². The first kappa shape index (κ1) is 6.92. The van der Waals surface area contributed by atoms with E-state index in [0.717, 1.165) is 6.42 Å². The summed E-state index contributed by atoms with van der Waals surface area (Å²) < 4.78 is 4.73. The highest BCUT2D eigenvalue weighted by Gasteiger charge is 1.90. The summed E-state index contributed by atoms with van der Waals surface area (Å²) >= 11 is 0. The number of hydrogen-bond acceptors (Lipinski definition) is 1. The van der Waals surface area contributed by atoms with Crippen LogP contribution in [0, 0.1) is 0 Å². The second-order valence-corrected chi connectivity index (χ2v) is 1.68. The number of ether oxygens (including phenoxy) is 1. The minimum Gasteiger partial charge on any atom is -0.385 e. The zero-order valence-electron chi connectivity index (χ0n) is 4.90. The summed E-state index contributed by atoms with van der Waals surface area (Å²) in [6.07, 6.45) is 0.844. The summed E-state index contributed by atoms with van der Waals surface area (Å²) in [7, 11) is 1.66. The van der Waals surface area contributed by atoms with E-state index >= 15 is 0 Å². The van der Waals surface area contributed by atoms with Crippen LogP contribution in [0.1, 0.15) is 13.3 Å². The minimum atomic E-state index is 0.0277. The Morgan fingerprint density at radius 2 is 2.29 bits per heavy atom. The Bertz CT molecular complexity index is 37.1. The molecule has 43 valence electrons. The summed E-state index contributed by atoms with van der Waals surface area (Å²) in [5, 5.41) is 0. The minimum absolute atomic E-state index is 0.0277. The van der Waals surface area contributed by atoms with Gasteiger partial charge in [-0.3, -0.25) is 5.73 Å². The third-order valence-corrected chi connectivity index (χ3v) is 0.755. The van der Waals surface area contributed by atoms with Gasteiger partial charge in [0.25, 0.3) is 0 Å². The molecule has 0 spiro atoms. The van der Waals surface area contributed by atoms with E-state index in [1.807, 2.05) is 6.92 Å². The zero-order chi connectivity index (χ0) is 5.70. The molecular weight excluding hydrogens is 90.1 g/mol. The lowest BCUT2D eigenvalue weighted by Crippen LogP contribution is -2.05. The normalized spacial score (nSPS) is 14.1. The van der Waals surface area contributed by atoms with E-state index in [4.69, 9.17) is 10.5 Å². The van der Waals surface area contributed by atoms with Crippen molar-refractivity contribution in [2.75, 3.05) is 13.7 Å². The van der Waals surface area contributed by atoms with Gasteiger partial charge < -0.3 is 4.74 Å². The van der Waals surface area contributed by atoms with Crippen LogP contribution in [0.25, 0.3) is 0 Å². The van der Waals surface area contributed by atoms with Crippen molar-refractivity contribution in [3.05, 3.63) is 0 Å². The van der Waals surface area contributed by atoms with Crippen LogP contribution in [0.3, 0.4) is 0 Å². The molecule has 0 saturated heterocycles. The van der Waals surface area contributed by atoms with Crippen LogP contribution in [-0.4, -0.2) is 19.8 Å². The average molecular weight is 102 g/mol. The third-order valence-electron chi connectivity index (χ3n) is 0.755. The quantitative estimate of drug-likeness (QED) is 0.516. The highest BCUT2D eigenvalue weighted by molar-refractivity contribution is 4.48. The van der Waals surface area contributed by atoms with Crippen LogP contribution < -0.4 is 5.73 Å². The molecule has 1 N–H and O–H groups in total. The van der Waals surface area contributed by atoms with E-state index in [-0.39, 0.29) is 6.04 Å². The highest BCUT2D eigenvalue weighted by Crippen LogP contribution is 1.85. The summed E-state index contributed by atoms with van der Waals surface area (Å²) in [5.74, 6) is 0. The Hall–Kier alpha value is -0.0800. The molecule has 1 atom stereocenters. The second kappa shape index (κ2) is 4.09. The summed E-state index contributed by atoms with van der Waals surface area (Å²) in [4.78, 5) is 0. The van der Waals surface area contributed by atoms with Crippen molar-refractivity contribution in [2.45, 2.75) is 19.4 Å². The molecule has 0 amide bonds. The van der Waals surface area contributed by atoms with Crippen molar-refractivity contribution in [1.82, 2.24) is 5.73 Å². The van der Waals surface area contributed by atoms with E-state index in [9.17, 15) is 0 Å². The van der Waals surface area contributed by atoms with Crippen LogP contribution in [0.4, 0.5) is 0 Å². The lowest BCUT2D eigenvalue weighted by atomic mass is 10.3. The molecule has 0 aliphatic carbocycles. The van der Waals surface area contributed by atoms with Crippen molar-refractivity contribution in [3.8, 4) is 0 Å². The van der Waals surface area contributed by atoms with Gasteiger partial charge in [-0.2, -0.15) is 0 Å². The Balaban J connectivity index is 2.68. The standard InChI is InChI=1S/C5H12NO/c1-5(6)3-4-7-2/h5-6H,3-4H2,1-2H3. The Morgan fingerprint density at radius 1 is 1.71 bits per heavy atom. The molecule has 0 bridgehead atoms. The molecule has 0 aromatic rings. The van der Waals surface area contributed by atoms with E-state index in [0.29, 0.717) is 6.61 Å².